The fourth-order valence-corrected chi connectivity index (χ4v) is 2.51. The third-order valence-electron chi connectivity index (χ3n) is 4.11. The first kappa shape index (κ1) is 18.4. The van der Waals surface area contributed by atoms with Crippen LogP contribution in [-0.4, -0.2) is 32.1 Å². The van der Waals surface area contributed by atoms with Gasteiger partial charge in [0.2, 0.25) is 0 Å². The van der Waals surface area contributed by atoms with Gasteiger partial charge in [0.1, 0.15) is 0 Å². The van der Waals surface area contributed by atoms with Crippen LogP contribution in [-0.2, 0) is 5.41 Å². The van der Waals surface area contributed by atoms with Crippen molar-refractivity contribution in [3.63, 3.8) is 0 Å². The smallest absolute Gasteiger partial charge is 0.291 e. The normalized spacial score (nSPS) is 11.9. The molecule has 0 atom stereocenters. The lowest BCUT2D eigenvalue weighted by molar-refractivity contribution is 0.0950. The van der Waals surface area contributed by atoms with Gasteiger partial charge in [-0.05, 0) is 25.1 Å². The van der Waals surface area contributed by atoms with Gasteiger partial charge in [0.05, 0.1) is 17.5 Å². The predicted octanol–water partition coefficient (Wildman–Crippen LogP) is 2.26. The van der Waals surface area contributed by atoms with Crippen LogP contribution in [0.2, 0.25) is 0 Å². The SMILES string of the molecule is Cc1[nH]n(-c2ccccc2)c(=O)c1/C=N\NC(=O)c1cc(C(C)(C)C)[nH]n1. The van der Waals surface area contributed by atoms with Gasteiger partial charge in [-0.15, -0.1) is 0 Å². The fourth-order valence-electron chi connectivity index (χ4n) is 2.51. The van der Waals surface area contributed by atoms with Crippen LogP contribution in [0.1, 0.15) is 48.2 Å². The molecule has 1 aromatic carbocycles. The van der Waals surface area contributed by atoms with Crippen molar-refractivity contribution in [3.05, 3.63) is 69.4 Å². The molecule has 2 heterocycles. The van der Waals surface area contributed by atoms with Gasteiger partial charge in [0.25, 0.3) is 11.5 Å². The first-order valence-electron chi connectivity index (χ1n) is 8.53. The Morgan fingerprint density at radius 2 is 1.96 bits per heavy atom. The molecule has 27 heavy (non-hydrogen) atoms. The minimum Gasteiger partial charge on any atom is -0.295 e. The first-order valence-corrected chi connectivity index (χ1v) is 8.53. The molecule has 1 amide bonds. The van der Waals surface area contributed by atoms with Crippen molar-refractivity contribution in [2.75, 3.05) is 0 Å². The Bertz CT molecular complexity index is 1030. The van der Waals surface area contributed by atoms with E-state index >= 15 is 0 Å². The molecule has 2 aromatic heterocycles. The molecule has 0 bridgehead atoms. The van der Waals surface area contributed by atoms with Crippen molar-refractivity contribution >= 4 is 12.1 Å². The van der Waals surface area contributed by atoms with Gasteiger partial charge in [-0.1, -0.05) is 39.0 Å². The second-order valence-corrected chi connectivity index (χ2v) is 7.24. The van der Waals surface area contributed by atoms with Crippen LogP contribution in [0, 0.1) is 6.92 Å². The lowest BCUT2D eigenvalue weighted by Crippen LogP contribution is -2.20. The molecule has 3 aromatic rings. The number of aryl methyl sites for hydroxylation is 1. The van der Waals surface area contributed by atoms with Crippen molar-refractivity contribution < 1.29 is 4.79 Å². The number of benzene rings is 1. The zero-order valence-electron chi connectivity index (χ0n) is 15.7. The molecule has 8 nitrogen and oxygen atoms in total. The topological polar surface area (TPSA) is 108 Å². The molecule has 0 saturated carbocycles. The van der Waals surface area contributed by atoms with E-state index in [9.17, 15) is 9.59 Å². The predicted molar refractivity (Wildman–Crippen MR) is 103 cm³/mol. The van der Waals surface area contributed by atoms with E-state index in [1.165, 1.54) is 10.9 Å². The van der Waals surface area contributed by atoms with E-state index in [1.54, 1.807) is 13.0 Å². The summed E-state index contributed by atoms with van der Waals surface area (Å²) < 4.78 is 1.43. The third-order valence-corrected chi connectivity index (χ3v) is 4.11. The number of hydrazone groups is 1. The summed E-state index contributed by atoms with van der Waals surface area (Å²) >= 11 is 0. The van der Waals surface area contributed by atoms with Gasteiger partial charge in [0.15, 0.2) is 5.69 Å². The van der Waals surface area contributed by atoms with Crippen LogP contribution in [0.25, 0.3) is 5.69 Å². The van der Waals surface area contributed by atoms with Crippen LogP contribution >= 0.6 is 0 Å². The highest BCUT2D eigenvalue weighted by Crippen LogP contribution is 2.20. The summed E-state index contributed by atoms with van der Waals surface area (Å²) in [7, 11) is 0. The van der Waals surface area contributed by atoms with Crippen molar-refractivity contribution in [2.45, 2.75) is 33.1 Å². The molecule has 0 fully saturated rings. The molecular weight excluding hydrogens is 344 g/mol. The Morgan fingerprint density at radius 1 is 1.26 bits per heavy atom. The summed E-state index contributed by atoms with van der Waals surface area (Å²) in [5, 5.41) is 13.8. The molecule has 8 heteroatoms. The highest BCUT2D eigenvalue weighted by Gasteiger charge is 2.19. The van der Waals surface area contributed by atoms with Gasteiger partial charge in [0, 0.05) is 16.8 Å². The highest BCUT2D eigenvalue weighted by atomic mass is 16.2. The number of hydrogen-bond acceptors (Lipinski definition) is 4. The average molecular weight is 366 g/mol. The number of amides is 1. The standard InChI is InChI=1S/C19H22N6O2/c1-12-14(18(27)25(24-12)13-8-6-5-7-9-13)11-20-23-17(26)15-10-16(22-21-15)19(2,3)4/h5-11,24H,1-4H3,(H,21,22)(H,23,26)/b20-11-. The van der Waals surface area contributed by atoms with Gasteiger partial charge in [-0.3, -0.25) is 19.8 Å². The van der Waals surface area contributed by atoms with Gasteiger partial charge >= 0.3 is 0 Å². The van der Waals surface area contributed by atoms with E-state index in [-0.39, 0.29) is 16.7 Å². The Labute approximate surface area is 156 Å². The van der Waals surface area contributed by atoms with E-state index in [1.807, 2.05) is 51.1 Å². The zero-order chi connectivity index (χ0) is 19.6. The average Bonchev–Trinajstić information content (AvgIpc) is 3.23. The lowest BCUT2D eigenvalue weighted by Gasteiger charge is -2.14. The monoisotopic (exact) mass is 366 g/mol. The van der Waals surface area contributed by atoms with Gasteiger partial charge < -0.3 is 0 Å². The van der Waals surface area contributed by atoms with Crippen molar-refractivity contribution in [1.82, 2.24) is 25.4 Å². The van der Waals surface area contributed by atoms with Crippen LogP contribution in [0.4, 0.5) is 0 Å². The second kappa shape index (κ2) is 7.06. The Hall–Kier alpha value is -3.42. The molecule has 0 unspecified atom stereocenters. The lowest BCUT2D eigenvalue weighted by atomic mass is 9.92. The molecule has 3 N–H and O–H groups in total. The van der Waals surface area contributed by atoms with Crippen molar-refractivity contribution in [3.8, 4) is 5.69 Å². The minimum absolute atomic E-state index is 0.139. The number of hydrogen-bond donors (Lipinski definition) is 3. The summed E-state index contributed by atoms with van der Waals surface area (Å²) in [5.41, 5.74) is 4.85. The molecule has 0 radical (unpaired) electrons. The number of para-hydroxylation sites is 1. The number of H-pyrrole nitrogens is 2. The first-order chi connectivity index (χ1) is 12.8. The maximum Gasteiger partial charge on any atom is 0.291 e. The molecule has 0 aliphatic heterocycles. The number of carbonyl (C=O) groups excluding carboxylic acids is 1. The molecular formula is C19H22N6O2. The fraction of sp³-hybridized carbons (Fsp3) is 0.263. The maximum absolute atomic E-state index is 12.6. The Kier molecular flexibility index (Phi) is 4.81. The number of aromatic nitrogens is 4. The third kappa shape index (κ3) is 3.89. The zero-order valence-corrected chi connectivity index (χ0v) is 15.7. The molecule has 0 aliphatic rings. The van der Waals surface area contributed by atoms with Gasteiger partial charge in [-0.25, -0.2) is 10.1 Å². The van der Waals surface area contributed by atoms with E-state index < -0.39 is 5.91 Å². The molecule has 0 aliphatic carbocycles. The van der Waals surface area contributed by atoms with Crippen LogP contribution in [0.15, 0.2) is 46.3 Å². The number of aromatic amines is 2. The maximum atomic E-state index is 12.6. The number of nitrogens with one attached hydrogen (secondary N) is 3. The molecule has 3 rings (SSSR count). The summed E-state index contributed by atoms with van der Waals surface area (Å²) in [5.74, 6) is -0.449. The Morgan fingerprint density at radius 3 is 2.59 bits per heavy atom. The number of rotatable bonds is 4. The summed E-state index contributed by atoms with van der Waals surface area (Å²) in [4.78, 5) is 24.7. The van der Waals surface area contributed by atoms with E-state index in [0.717, 1.165) is 11.4 Å². The summed E-state index contributed by atoms with van der Waals surface area (Å²) in [6.07, 6.45) is 1.34. The van der Waals surface area contributed by atoms with E-state index in [2.05, 4.69) is 25.8 Å². The quantitative estimate of drug-likeness (QED) is 0.487. The second-order valence-electron chi connectivity index (χ2n) is 7.24. The molecule has 140 valence electrons. The summed E-state index contributed by atoms with van der Waals surface area (Å²) in [6, 6.07) is 10.9. The van der Waals surface area contributed by atoms with Crippen LogP contribution in [0.3, 0.4) is 0 Å². The summed E-state index contributed by atoms with van der Waals surface area (Å²) in [6.45, 7) is 7.83. The largest absolute Gasteiger partial charge is 0.295 e. The molecule has 0 saturated heterocycles. The molecule has 0 spiro atoms. The van der Waals surface area contributed by atoms with Gasteiger partial charge in [-0.2, -0.15) is 10.2 Å². The van der Waals surface area contributed by atoms with E-state index in [0.29, 0.717) is 11.3 Å². The highest BCUT2D eigenvalue weighted by molar-refractivity contribution is 5.93. The van der Waals surface area contributed by atoms with Crippen LogP contribution < -0.4 is 11.0 Å². The van der Waals surface area contributed by atoms with E-state index in [4.69, 9.17) is 0 Å². The number of carbonyl (C=O) groups is 1. The Balaban J connectivity index is 1.75. The van der Waals surface area contributed by atoms with Crippen molar-refractivity contribution in [1.29, 1.82) is 0 Å². The van der Waals surface area contributed by atoms with Crippen molar-refractivity contribution in [2.24, 2.45) is 5.10 Å². The van der Waals surface area contributed by atoms with Crippen LogP contribution in [0.5, 0.6) is 0 Å². The number of nitrogens with zero attached hydrogens (tertiary/aromatic N) is 3. The minimum atomic E-state index is -0.449.